The number of nitrogens with zero attached hydrogens (tertiary/aromatic N) is 1. The number of likely N-dealkylation sites (N-methyl/N-ethyl adjacent to an activating group) is 1. The van der Waals surface area contributed by atoms with Crippen molar-refractivity contribution in [2.24, 2.45) is 5.73 Å². The molecule has 0 aliphatic rings. The van der Waals surface area contributed by atoms with E-state index < -0.39 is 20.6 Å². The summed E-state index contributed by atoms with van der Waals surface area (Å²) in [5.74, 6) is -0.298. The van der Waals surface area contributed by atoms with Gasteiger partial charge in [0.15, 0.2) is 9.84 Å². The molecule has 2 N–H and O–H groups in total. The Morgan fingerprint density at radius 3 is 2.19 bits per heavy atom. The molecule has 0 radical (unpaired) electrons. The number of benzene rings is 1. The first-order valence-electron chi connectivity index (χ1n) is 6.31. The fraction of sp³-hybridized carbons (Fsp3) is 0.500. The molecule has 0 spiro atoms. The van der Waals surface area contributed by atoms with Crippen molar-refractivity contribution in [1.82, 2.24) is 4.90 Å². The summed E-state index contributed by atoms with van der Waals surface area (Å²) in [5.41, 5.74) is 6.64. The summed E-state index contributed by atoms with van der Waals surface area (Å²) in [6.45, 7) is 3.30. The third-order valence-corrected chi connectivity index (χ3v) is 5.56. The molecule has 1 amide bonds. The standard InChI is InChI=1S/C14H22N2O3S.ClH/c1-14(2,20(4,18)19)10-16(3)13(17)12(15)11-8-6-5-7-9-11;/h5-9,12H,10,15H2,1-4H3;1H. The second-order valence-electron chi connectivity index (χ2n) is 5.61. The van der Waals surface area contributed by atoms with Gasteiger partial charge in [-0.15, -0.1) is 12.4 Å². The molecule has 5 nitrogen and oxygen atoms in total. The van der Waals surface area contributed by atoms with Crippen LogP contribution < -0.4 is 5.73 Å². The van der Waals surface area contributed by atoms with Gasteiger partial charge in [-0.1, -0.05) is 30.3 Å². The highest BCUT2D eigenvalue weighted by Gasteiger charge is 2.34. The van der Waals surface area contributed by atoms with Crippen molar-refractivity contribution in [1.29, 1.82) is 0 Å². The maximum absolute atomic E-state index is 12.3. The summed E-state index contributed by atoms with van der Waals surface area (Å²) in [6.07, 6.45) is 1.17. The van der Waals surface area contributed by atoms with Crippen LogP contribution >= 0.6 is 12.4 Å². The van der Waals surface area contributed by atoms with Crippen LogP contribution in [-0.4, -0.2) is 43.8 Å². The quantitative estimate of drug-likeness (QED) is 0.882. The van der Waals surface area contributed by atoms with Crippen LogP contribution in [0.3, 0.4) is 0 Å². The van der Waals surface area contributed by atoms with Gasteiger partial charge < -0.3 is 10.6 Å². The van der Waals surface area contributed by atoms with Crippen LogP contribution in [0, 0.1) is 0 Å². The molecule has 0 heterocycles. The van der Waals surface area contributed by atoms with Gasteiger partial charge in [-0.2, -0.15) is 0 Å². The van der Waals surface area contributed by atoms with E-state index in [2.05, 4.69) is 0 Å². The third-order valence-electron chi connectivity index (χ3n) is 3.42. The number of nitrogens with two attached hydrogens (primary N) is 1. The van der Waals surface area contributed by atoms with Crippen molar-refractivity contribution in [2.75, 3.05) is 19.8 Å². The number of rotatable bonds is 5. The zero-order valence-corrected chi connectivity index (χ0v) is 14.4. The molecule has 0 saturated heterocycles. The number of amides is 1. The van der Waals surface area contributed by atoms with E-state index in [1.54, 1.807) is 33.0 Å². The van der Waals surface area contributed by atoms with E-state index in [4.69, 9.17) is 5.73 Å². The molecule has 1 atom stereocenters. The van der Waals surface area contributed by atoms with Crippen LogP contribution in [-0.2, 0) is 14.6 Å². The summed E-state index contributed by atoms with van der Waals surface area (Å²) in [5, 5.41) is 0. The molecule has 0 saturated carbocycles. The molecule has 1 aromatic carbocycles. The summed E-state index contributed by atoms with van der Waals surface area (Å²) >= 11 is 0. The van der Waals surface area contributed by atoms with Gasteiger partial charge in [-0.25, -0.2) is 8.42 Å². The maximum atomic E-state index is 12.3. The van der Waals surface area contributed by atoms with Gasteiger partial charge in [0.2, 0.25) is 5.91 Å². The molecule has 0 bridgehead atoms. The van der Waals surface area contributed by atoms with Gasteiger partial charge in [0, 0.05) is 19.8 Å². The lowest BCUT2D eigenvalue weighted by Crippen LogP contribution is -2.47. The average Bonchev–Trinajstić information content (AvgIpc) is 2.36. The largest absolute Gasteiger partial charge is 0.343 e. The molecule has 1 unspecified atom stereocenters. The number of hydrogen-bond donors (Lipinski definition) is 1. The van der Waals surface area contributed by atoms with Crippen LogP contribution in [0.15, 0.2) is 30.3 Å². The zero-order valence-electron chi connectivity index (χ0n) is 12.7. The van der Waals surface area contributed by atoms with Crippen LogP contribution in [0.4, 0.5) is 0 Å². The Bertz CT molecular complexity index is 573. The van der Waals surface area contributed by atoms with Gasteiger partial charge in [-0.3, -0.25) is 4.79 Å². The van der Waals surface area contributed by atoms with Gasteiger partial charge in [0.1, 0.15) is 6.04 Å². The SMILES string of the molecule is CN(CC(C)(C)S(C)(=O)=O)C(=O)C(N)c1ccccc1.Cl. The number of hydrogen-bond acceptors (Lipinski definition) is 4. The van der Waals surface area contributed by atoms with Gasteiger partial charge >= 0.3 is 0 Å². The molecule has 0 aliphatic heterocycles. The fourth-order valence-electron chi connectivity index (χ4n) is 1.81. The molecular formula is C14H23ClN2O3S. The Morgan fingerprint density at radius 1 is 1.29 bits per heavy atom. The third kappa shape index (κ3) is 4.98. The van der Waals surface area contributed by atoms with Gasteiger partial charge in [-0.05, 0) is 19.4 Å². The first-order chi connectivity index (χ1) is 9.06. The summed E-state index contributed by atoms with van der Waals surface area (Å²) in [4.78, 5) is 13.6. The number of carbonyl (C=O) groups is 1. The van der Waals surface area contributed by atoms with Crippen LogP contribution in [0.1, 0.15) is 25.5 Å². The second kappa shape index (κ2) is 7.24. The van der Waals surface area contributed by atoms with Crippen LogP contribution in [0.5, 0.6) is 0 Å². The van der Waals surface area contributed by atoms with Crippen molar-refractivity contribution < 1.29 is 13.2 Å². The molecule has 0 aromatic heterocycles. The highest BCUT2D eigenvalue weighted by molar-refractivity contribution is 7.92. The number of sulfone groups is 1. The van der Waals surface area contributed by atoms with E-state index in [0.717, 1.165) is 0 Å². The normalized spacial score (nSPS) is 13.2. The monoisotopic (exact) mass is 334 g/mol. The zero-order chi connectivity index (χ0) is 15.6. The fourth-order valence-corrected chi connectivity index (χ4v) is 2.23. The van der Waals surface area contributed by atoms with Crippen molar-refractivity contribution in [3.63, 3.8) is 0 Å². The lowest BCUT2D eigenvalue weighted by molar-refractivity contribution is -0.131. The molecule has 0 fully saturated rings. The van der Waals surface area contributed by atoms with Crippen LogP contribution in [0.2, 0.25) is 0 Å². The van der Waals surface area contributed by atoms with Crippen molar-refractivity contribution >= 4 is 28.2 Å². The minimum Gasteiger partial charge on any atom is -0.343 e. The molecule has 0 aliphatic carbocycles. The van der Waals surface area contributed by atoms with Crippen molar-refractivity contribution in [2.45, 2.75) is 24.6 Å². The Morgan fingerprint density at radius 2 is 1.76 bits per heavy atom. The van der Waals surface area contributed by atoms with E-state index >= 15 is 0 Å². The predicted octanol–water partition coefficient (Wildman–Crippen LogP) is 1.39. The molecule has 7 heteroatoms. The lowest BCUT2D eigenvalue weighted by atomic mass is 10.1. The highest BCUT2D eigenvalue weighted by atomic mass is 35.5. The summed E-state index contributed by atoms with van der Waals surface area (Å²) in [7, 11) is -1.69. The maximum Gasteiger partial charge on any atom is 0.243 e. The van der Waals surface area contributed by atoms with Crippen molar-refractivity contribution in [3.8, 4) is 0 Å². The van der Waals surface area contributed by atoms with E-state index in [0.29, 0.717) is 5.56 Å². The number of carbonyl (C=O) groups excluding carboxylic acids is 1. The topological polar surface area (TPSA) is 80.5 Å². The Labute approximate surface area is 132 Å². The predicted molar refractivity (Wildman–Crippen MR) is 87.2 cm³/mol. The molecule has 1 aromatic rings. The van der Waals surface area contributed by atoms with Crippen LogP contribution in [0.25, 0.3) is 0 Å². The molecule has 21 heavy (non-hydrogen) atoms. The Hall–Kier alpha value is -1.11. The highest BCUT2D eigenvalue weighted by Crippen LogP contribution is 2.19. The minimum absolute atomic E-state index is 0. The van der Waals surface area contributed by atoms with E-state index in [1.807, 2.05) is 18.2 Å². The summed E-state index contributed by atoms with van der Waals surface area (Å²) < 4.78 is 22.4. The van der Waals surface area contributed by atoms with E-state index in [-0.39, 0.29) is 24.9 Å². The number of halogens is 1. The van der Waals surface area contributed by atoms with Crippen molar-refractivity contribution in [3.05, 3.63) is 35.9 Å². The first-order valence-corrected chi connectivity index (χ1v) is 8.20. The Kier molecular flexibility index (Phi) is 6.86. The lowest BCUT2D eigenvalue weighted by Gasteiger charge is -2.30. The molecule has 1 rings (SSSR count). The Balaban J connectivity index is 0.00000400. The second-order valence-corrected chi connectivity index (χ2v) is 8.26. The van der Waals surface area contributed by atoms with Gasteiger partial charge in [0.25, 0.3) is 0 Å². The molecule has 120 valence electrons. The van der Waals surface area contributed by atoms with E-state index in [9.17, 15) is 13.2 Å². The minimum atomic E-state index is -3.26. The first kappa shape index (κ1) is 19.9. The van der Waals surface area contributed by atoms with E-state index in [1.165, 1.54) is 11.2 Å². The smallest absolute Gasteiger partial charge is 0.243 e. The molecular weight excluding hydrogens is 312 g/mol. The van der Waals surface area contributed by atoms with Gasteiger partial charge in [0.05, 0.1) is 4.75 Å². The average molecular weight is 335 g/mol. The summed E-state index contributed by atoms with van der Waals surface area (Å²) in [6, 6.07) is 8.23.